The number of carbonyl (C=O) groups excluding carboxylic acids is 1. The molecular weight excluding hydrogens is 280 g/mol. The van der Waals surface area contributed by atoms with Crippen LogP contribution in [0.4, 0.5) is 0 Å². The van der Waals surface area contributed by atoms with Crippen molar-refractivity contribution in [2.45, 2.75) is 23.3 Å². The maximum atomic E-state index is 12.1. The SMILES string of the molecule is COc1ccc([C@@H]2CC(=O)C[C@H](c3ccccc3)S2)cc1. The van der Waals surface area contributed by atoms with Gasteiger partial charge in [0, 0.05) is 23.3 Å². The molecule has 0 bridgehead atoms. The van der Waals surface area contributed by atoms with Gasteiger partial charge in [0.2, 0.25) is 0 Å². The molecule has 2 nitrogen and oxygen atoms in total. The molecule has 0 N–H and O–H groups in total. The first kappa shape index (κ1) is 14.2. The molecule has 0 aliphatic carbocycles. The van der Waals surface area contributed by atoms with Gasteiger partial charge in [-0.2, -0.15) is 0 Å². The van der Waals surface area contributed by atoms with E-state index in [0.29, 0.717) is 18.6 Å². The van der Waals surface area contributed by atoms with E-state index in [1.54, 1.807) is 7.11 Å². The molecule has 3 rings (SSSR count). The van der Waals surface area contributed by atoms with Crippen LogP contribution in [-0.4, -0.2) is 12.9 Å². The third-order valence-corrected chi connectivity index (χ3v) is 5.35. The maximum Gasteiger partial charge on any atom is 0.135 e. The summed E-state index contributed by atoms with van der Waals surface area (Å²) >= 11 is 1.89. The first-order valence-corrected chi connectivity index (χ1v) is 8.06. The molecule has 2 aromatic carbocycles. The predicted molar refractivity (Wildman–Crippen MR) is 86.8 cm³/mol. The molecule has 0 aromatic heterocycles. The fraction of sp³-hybridized carbons (Fsp3) is 0.278. The summed E-state index contributed by atoms with van der Waals surface area (Å²) in [5.74, 6) is 1.20. The molecular formula is C18H18O2S. The summed E-state index contributed by atoms with van der Waals surface area (Å²) in [5.41, 5.74) is 2.45. The number of ether oxygens (including phenoxy) is 1. The zero-order valence-corrected chi connectivity index (χ0v) is 12.8. The summed E-state index contributed by atoms with van der Waals surface area (Å²) in [6, 6.07) is 18.4. The van der Waals surface area contributed by atoms with Gasteiger partial charge in [-0.05, 0) is 23.3 Å². The molecule has 108 valence electrons. The number of benzene rings is 2. The molecule has 1 saturated heterocycles. The summed E-state index contributed by atoms with van der Waals surface area (Å²) in [7, 11) is 1.67. The third-order valence-electron chi connectivity index (χ3n) is 3.81. The van der Waals surface area contributed by atoms with Crippen LogP contribution in [0.3, 0.4) is 0 Å². The van der Waals surface area contributed by atoms with Crippen LogP contribution in [0, 0.1) is 0 Å². The van der Waals surface area contributed by atoms with E-state index in [4.69, 9.17) is 4.74 Å². The van der Waals surface area contributed by atoms with Crippen molar-refractivity contribution < 1.29 is 9.53 Å². The standard InChI is InChI=1S/C18H18O2S/c1-20-16-9-7-14(8-10-16)18-12-15(19)11-17(21-18)13-5-3-2-4-6-13/h2-10,17-18H,11-12H2,1H3/t17-,18+/m1/s1. The van der Waals surface area contributed by atoms with E-state index in [2.05, 4.69) is 24.3 Å². The Morgan fingerprint density at radius 2 is 1.48 bits per heavy atom. The lowest BCUT2D eigenvalue weighted by atomic mass is 10.0. The Morgan fingerprint density at radius 3 is 2.05 bits per heavy atom. The Hall–Kier alpha value is -1.74. The van der Waals surface area contributed by atoms with Crippen LogP contribution in [0.15, 0.2) is 54.6 Å². The summed E-state index contributed by atoms with van der Waals surface area (Å²) < 4.78 is 5.19. The van der Waals surface area contributed by atoms with E-state index in [9.17, 15) is 4.79 Å². The topological polar surface area (TPSA) is 26.3 Å². The predicted octanol–water partition coefficient (Wildman–Crippen LogP) is 4.57. The summed E-state index contributed by atoms with van der Waals surface area (Å²) in [6.07, 6.45) is 1.27. The molecule has 0 spiro atoms. The first-order valence-electron chi connectivity index (χ1n) is 7.12. The molecule has 0 saturated carbocycles. The van der Waals surface area contributed by atoms with E-state index in [0.717, 1.165) is 5.75 Å². The highest BCUT2D eigenvalue weighted by molar-refractivity contribution is 7.99. The molecule has 2 aromatic rings. The van der Waals surface area contributed by atoms with Crippen molar-refractivity contribution in [1.82, 2.24) is 0 Å². The van der Waals surface area contributed by atoms with E-state index >= 15 is 0 Å². The third kappa shape index (κ3) is 3.30. The number of methoxy groups -OCH3 is 1. The highest BCUT2D eigenvalue weighted by Gasteiger charge is 2.29. The van der Waals surface area contributed by atoms with Crippen molar-refractivity contribution in [3.63, 3.8) is 0 Å². The molecule has 1 fully saturated rings. The molecule has 1 aliphatic heterocycles. The largest absolute Gasteiger partial charge is 0.497 e. The fourth-order valence-electron chi connectivity index (χ4n) is 2.67. The fourth-order valence-corrected chi connectivity index (χ4v) is 4.26. The second-order valence-electron chi connectivity index (χ2n) is 5.24. The first-order chi connectivity index (χ1) is 10.3. The Morgan fingerprint density at radius 1 is 0.905 bits per heavy atom. The number of ketones is 1. The van der Waals surface area contributed by atoms with Crippen LogP contribution in [0.2, 0.25) is 0 Å². The van der Waals surface area contributed by atoms with E-state index < -0.39 is 0 Å². The molecule has 3 heteroatoms. The van der Waals surface area contributed by atoms with Gasteiger partial charge in [0.15, 0.2) is 0 Å². The number of carbonyl (C=O) groups is 1. The van der Waals surface area contributed by atoms with Gasteiger partial charge in [-0.15, -0.1) is 11.8 Å². The lowest BCUT2D eigenvalue weighted by Gasteiger charge is -2.28. The molecule has 2 atom stereocenters. The number of thioether (sulfide) groups is 1. The van der Waals surface area contributed by atoms with Crippen LogP contribution in [-0.2, 0) is 4.79 Å². The van der Waals surface area contributed by atoms with Crippen LogP contribution in [0.1, 0.15) is 34.5 Å². The zero-order chi connectivity index (χ0) is 14.7. The minimum absolute atomic E-state index is 0.238. The van der Waals surface area contributed by atoms with Gasteiger partial charge in [0.25, 0.3) is 0 Å². The van der Waals surface area contributed by atoms with E-state index in [1.807, 2.05) is 42.1 Å². The average molecular weight is 298 g/mol. The molecule has 0 unspecified atom stereocenters. The summed E-state index contributed by atoms with van der Waals surface area (Å²) in [5, 5.41) is 0.502. The molecule has 0 amide bonds. The van der Waals surface area contributed by atoms with E-state index in [-0.39, 0.29) is 10.5 Å². The van der Waals surface area contributed by atoms with Crippen LogP contribution < -0.4 is 4.74 Å². The van der Waals surface area contributed by atoms with Crippen LogP contribution >= 0.6 is 11.8 Å². The van der Waals surface area contributed by atoms with Crippen LogP contribution in [0.25, 0.3) is 0 Å². The van der Waals surface area contributed by atoms with Gasteiger partial charge in [0.05, 0.1) is 7.11 Å². The molecule has 1 heterocycles. The van der Waals surface area contributed by atoms with Gasteiger partial charge in [-0.25, -0.2) is 0 Å². The lowest BCUT2D eigenvalue weighted by molar-refractivity contribution is -0.119. The van der Waals surface area contributed by atoms with Crippen LogP contribution in [0.5, 0.6) is 5.75 Å². The van der Waals surface area contributed by atoms with Gasteiger partial charge >= 0.3 is 0 Å². The Bertz CT molecular complexity index is 607. The monoisotopic (exact) mass is 298 g/mol. The van der Waals surface area contributed by atoms with Crippen molar-refractivity contribution >= 4 is 17.5 Å². The number of hydrogen-bond donors (Lipinski definition) is 0. The number of rotatable bonds is 3. The van der Waals surface area contributed by atoms with Crippen molar-refractivity contribution in [1.29, 1.82) is 0 Å². The van der Waals surface area contributed by atoms with Crippen molar-refractivity contribution in [3.8, 4) is 5.75 Å². The Balaban J connectivity index is 1.81. The summed E-state index contributed by atoms with van der Waals surface area (Å²) in [4.78, 5) is 12.1. The summed E-state index contributed by atoms with van der Waals surface area (Å²) in [6.45, 7) is 0. The van der Waals surface area contributed by atoms with Crippen molar-refractivity contribution in [2.24, 2.45) is 0 Å². The second-order valence-corrected chi connectivity index (χ2v) is 6.65. The van der Waals surface area contributed by atoms with Gasteiger partial charge in [-0.3, -0.25) is 4.79 Å². The van der Waals surface area contributed by atoms with Gasteiger partial charge < -0.3 is 4.74 Å². The lowest BCUT2D eigenvalue weighted by Crippen LogP contribution is -2.15. The number of Topliss-reactive ketones (excluding diaryl/α,β-unsaturated/α-hetero) is 1. The zero-order valence-electron chi connectivity index (χ0n) is 12.0. The molecule has 21 heavy (non-hydrogen) atoms. The molecule has 1 aliphatic rings. The van der Waals surface area contributed by atoms with Gasteiger partial charge in [0.1, 0.15) is 11.5 Å². The Labute approximate surface area is 129 Å². The Kier molecular flexibility index (Phi) is 4.30. The minimum Gasteiger partial charge on any atom is -0.497 e. The quantitative estimate of drug-likeness (QED) is 0.830. The normalized spacial score (nSPS) is 22.0. The average Bonchev–Trinajstić information content (AvgIpc) is 2.55. The smallest absolute Gasteiger partial charge is 0.135 e. The van der Waals surface area contributed by atoms with Crippen molar-refractivity contribution in [3.05, 3.63) is 65.7 Å². The molecule has 0 radical (unpaired) electrons. The highest BCUT2D eigenvalue weighted by atomic mass is 32.2. The van der Waals surface area contributed by atoms with Crippen molar-refractivity contribution in [2.75, 3.05) is 7.11 Å². The van der Waals surface area contributed by atoms with E-state index in [1.165, 1.54) is 11.1 Å². The number of hydrogen-bond acceptors (Lipinski definition) is 3. The highest BCUT2D eigenvalue weighted by Crippen LogP contribution is 2.48. The second kappa shape index (κ2) is 6.35. The minimum atomic E-state index is 0.238. The van der Waals surface area contributed by atoms with Gasteiger partial charge in [-0.1, -0.05) is 42.5 Å². The maximum absolute atomic E-state index is 12.1.